The summed E-state index contributed by atoms with van der Waals surface area (Å²) >= 11 is 1.70. The van der Waals surface area contributed by atoms with Gasteiger partial charge in [0.2, 0.25) is 5.95 Å². The molecule has 1 N–H and O–H groups in total. The largest absolute Gasteiger partial charge is 0.385 e. The van der Waals surface area contributed by atoms with Crippen LogP contribution in [-0.4, -0.2) is 34.8 Å². The lowest BCUT2D eigenvalue weighted by molar-refractivity contribution is 0.197. The molecule has 2 heterocycles. The quantitative estimate of drug-likeness (QED) is 0.754. The van der Waals surface area contributed by atoms with Crippen LogP contribution < -0.4 is 5.32 Å². The van der Waals surface area contributed by atoms with Gasteiger partial charge in [-0.3, -0.25) is 0 Å². The van der Waals surface area contributed by atoms with Gasteiger partial charge < -0.3 is 14.6 Å². The maximum atomic E-state index is 5.04. The van der Waals surface area contributed by atoms with E-state index in [1.165, 1.54) is 0 Å². The first-order chi connectivity index (χ1) is 9.29. The van der Waals surface area contributed by atoms with Crippen molar-refractivity contribution in [1.29, 1.82) is 0 Å². The van der Waals surface area contributed by atoms with Gasteiger partial charge in [0.15, 0.2) is 0 Å². The fourth-order valence-corrected chi connectivity index (χ4v) is 2.48. The van der Waals surface area contributed by atoms with Crippen molar-refractivity contribution in [1.82, 2.24) is 14.5 Å². The number of aromatic nitrogens is 3. The van der Waals surface area contributed by atoms with Crippen molar-refractivity contribution in [3.8, 4) is 0 Å². The zero-order chi connectivity index (χ0) is 13.5. The third-order valence-corrected chi connectivity index (χ3v) is 3.59. The highest BCUT2D eigenvalue weighted by atomic mass is 32.1. The van der Waals surface area contributed by atoms with Gasteiger partial charge >= 0.3 is 0 Å². The van der Waals surface area contributed by atoms with Gasteiger partial charge in [-0.25, -0.2) is 9.97 Å². The molecule has 104 valence electrons. The number of ether oxygens (including phenoxy) is 1. The van der Waals surface area contributed by atoms with Gasteiger partial charge in [0.1, 0.15) is 0 Å². The van der Waals surface area contributed by atoms with Crippen LogP contribution in [0.4, 0.5) is 5.95 Å². The van der Waals surface area contributed by atoms with Crippen molar-refractivity contribution >= 4 is 17.3 Å². The van der Waals surface area contributed by atoms with Gasteiger partial charge in [-0.15, -0.1) is 11.3 Å². The molecule has 0 aromatic carbocycles. The Morgan fingerprint density at radius 2 is 2.37 bits per heavy atom. The van der Waals surface area contributed by atoms with E-state index in [2.05, 4.69) is 26.0 Å². The molecular formula is C13H20N4OS. The number of hydrogen-bond donors (Lipinski definition) is 1. The highest BCUT2D eigenvalue weighted by Crippen LogP contribution is 2.12. The number of thiazole rings is 1. The summed E-state index contributed by atoms with van der Waals surface area (Å²) in [5.41, 5.74) is 1.04. The summed E-state index contributed by atoms with van der Waals surface area (Å²) in [5.74, 6) is 0.935. The Hall–Kier alpha value is -1.40. The van der Waals surface area contributed by atoms with Crippen LogP contribution in [0.15, 0.2) is 17.8 Å². The van der Waals surface area contributed by atoms with Crippen molar-refractivity contribution in [2.45, 2.75) is 26.3 Å². The van der Waals surface area contributed by atoms with Gasteiger partial charge in [0.25, 0.3) is 0 Å². The maximum Gasteiger partial charge on any atom is 0.203 e. The van der Waals surface area contributed by atoms with E-state index in [9.17, 15) is 0 Å². The van der Waals surface area contributed by atoms with Crippen LogP contribution in [0.3, 0.4) is 0 Å². The zero-order valence-corrected chi connectivity index (χ0v) is 12.2. The molecule has 0 aliphatic rings. The third-order valence-electron chi connectivity index (χ3n) is 2.76. The molecule has 6 heteroatoms. The Kier molecular flexibility index (Phi) is 5.35. The van der Waals surface area contributed by atoms with Crippen molar-refractivity contribution in [2.24, 2.45) is 0 Å². The molecule has 0 radical (unpaired) electrons. The monoisotopic (exact) mass is 280 g/mol. The lowest BCUT2D eigenvalue weighted by atomic mass is 10.4. The van der Waals surface area contributed by atoms with Gasteiger partial charge in [0.05, 0.1) is 10.7 Å². The Balaban J connectivity index is 1.88. The average Bonchev–Trinajstić information content (AvgIpc) is 3.02. The Morgan fingerprint density at radius 1 is 1.47 bits per heavy atom. The molecule has 2 aromatic rings. The number of aryl methyl sites for hydroxylation is 3. The molecule has 0 amide bonds. The molecule has 0 aliphatic heterocycles. The highest BCUT2D eigenvalue weighted by molar-refractivity contribution is 7.09. The molecule has 0 unspecified atom stereocenters. The number of anilines is 1. The van der Waals surface area contributed by atoms with Crippen LogP contribution in [0.25, 0.3) is 0 Å². The van der Waals surface area contributed by atoms with Crippen LogP contribution in [-0.2, 0) is 17.7 Å². The smallest absolute Gasteiger partial charge is 0.203 e. The first kappa shape index (κ1) is 14.0. The molecule has 0 aliphatic carbocycles. The fourth-order valence-electron chi connectivity index (χ4n) is 1.87. The van der Waals surface area contributed by atoms with Crippen molar-refractivity contribution in [2.75, 3.05) is 25.6 Å². The molecule has 0 atom stereocenters. The minimum Gasteiger partial charge on any atom is -0.385 e. The Morgan fingerprint density at radius 3 is 3.11 bits per heavy atom. The normalized spacial score (nSPS) is 10.8. The summed E-state index contributed by atoms with van der Waals surface area (Å²) in [5, 5.41) is 6.53. The second-order valence-corrected chi connectivity index (χ2v) is 5.33. The summed E-state index contributed by atoms with van der Waals surface area (Å²) in [7, 11) is 1.72. The molecule has 2 aromatic heterocycles. The Labute approximate surface area is 117 Å². The minimum atomic E-state index is 0.770. The molecule has 0 saturated carbocycles. The van der Waals surface area contributed by atoms with E-state index in [0.717, 1.165) is 49.2 Å². The fraction of sp³-hybridized carbons (Fsp3) is 0.538. The first-order valence-corrected chi connectivity index (χ1v) is 7.32. The standard InChI is InChI=1S/C13H20N4OS/c1-11-10-17(7-4-12-14-6-9-19-12)13(16-11)15-5-3-8-18-2/h6,9-10H,3-5,7-8H2,1-2H3,(H,15,16). The summed E-state index contributed by atoms with van der Waals surface area (Å²) in [4.78, 5) is 8.80. The molecular weight excluding hydrogens is 260 g/mol. The molecule has 0 bridgehead atoms. The first-order valence-electron chi connectivity index (χ1n) is 6.44. The molecule has 2 rings (SSSR count). The second kappa shape index (κ2) is 7.25. The summed E-state index contributed by atoms with van der Waals surface area (Å²) in [6, 6.07) is 0. The lowest BCUT2D eigenvalue weighted by Crippen LogP contribution is -2.11. The van der Waals surface area contributed by atoms with E-state index in [4.69, 9.17) is 4.74 Å². The molecule has 19 heavy (non-hydrogen) atoms. The SMILES string of the molecule is COCCCNc1nc(C)cn1CCc1nccs1. The number of imidazole rings is 1. The van der Waals surface area contributed by atoms with E-state index in [1.54, 1.807) is 18.4 Å². The van der Waals surface area contributed by atoms with E-state index in [1.807, 2.05) is 18.5 Å². The topological polar surface area (TPSA) is 52.0 Å². The van der Waals surface area contributed by atoms with Crippen LogP contribution >= 0.6 is 11.3 Å². The van der Waals surface area contributed by atoms with Crippen LogP contribution in [0, 0.1) is 6.92 Å². The predicted octanol–water partition coefficient (Wildman–Crippen LogP) is 2.34. The molecule has 0 spiro atoms. The number of nitrogens with one attached hydrogen (secondary N) is 1. The highest BCUT2D eigenvalue weighted by Gasteiger charge is 2.05. The number of nitrogens with zero attached hydrogens (tertiary/aromatic N) is 3. The number of rotatable bonds is 8. The average molecular weight is 280 g/mol. The van der Waals surface area contributed by atoms with Gasteiger partial charge in [-0.2, -0.15) is 0 Å². The second-order valence-electron chi connectivity index (χ2n) is 4.35. The molecule has 5 nitrogen and oxygen atoms in total. The van der Waals surface area contributed by atoms with Crippen LogP contribution in [0.1, 0.15) is 17.1 Å². The van der Waals surface area contributed by atoms with Crippen molar-refractivity contribution in [3.63, 3.8) is 0 Å². The number of methoxy groups -OCH3 is 1. The summed E-state index contributed by atoms with van der Waals surface area (Å²) in [6.07, 6.45) is 5.85. The van der Waals surface area contributed by atoms with E-state index < -0.39 is 0 Å². The molecule has 0 fully saturated rings. The minimum absolute atomic E-state index is 0.770. The van der Waals surface area contributed by atoms with Crippen LogP contribution in [0.5, 0.6) is 0 Å². The predicted molar refractivity (Wildman–Crippen MR) is 77.8 cm³/mol. The molecule has 0 saturated heterocycles. The van der Waals surface area contributed by atoms with E-state index in [-0.39, 0.29) is 0 Å². The van der Waals surface area contributed by atoms with Crippen molar-refractivity contribution in [3.05, 3.63) is 28.5 Å². The van der Waals surface area contributed by atoms with E-state index >= 15 is 0 Å². The van der Waals surface area contributed by atoms with E-state index in [0.29, 0.717) is 0 Å². The Bertz CT molecular complexity index is 481. The van der Waals surface area contributed by atoms with Crippen molar-refractivity contribution < 1.29 is 4.74 Å². The lowest BCUT2D eigenvalue weighted by Gasteiger charge is -2.08. The zero-order valence-electron chi connectivity index (χ0n) is 11.4. The van der Waals surface area contributed by atoms with Crippen LogP contribution in [0.2, 0.25) is 0 Å². The van der Waals surface area contributed by atoms with Gasteiger partial charge in [0, 0.05) is 51.0 Å². The van der Waals surface area contributed by atoms with Gasteiger partial charge in [-0.05, 0) is 13.3 Å². The summed E-state index contributed by atoms with van der Waals surface area (Å²) in [6.45, 7) is 4.56. The summed E-state index contributed by atoms with van der Waals surface area (Å²) < 4.78 is 7.19. The maximum absolute atomic E-state index is 5.04. The number of hydrogen-bond acceptors (Lipinski definition) is 5. The third kappa shape index (κ3) is 4.33. The van der Waals surface area contributed by atoms with Gasteiger partial charge in [-0.1, -0.05) is 0 Å².